The van der Waals surface area contributed by atoms with E-state index in [0.717, 1.165) is 12.8 Å². The van der Waals surface area contributed by atoms with Crippen molar-refractivity contribution in [3.63, 3.8) is 0 Å². The normalized spacial score (nSPS) is 17.1. The highest BCUT2D eigenvalue weighted by Crippen LogP contribution is 2.33. The molecule has 0 heterocycles. The number of nitriles is 1. The maximum absolute atomic E-state index is 12.0. The summed E-state index contributed by atoms with van der Waals surface area (Å²) in [5, 5.41) is 11.9. The van der Waals surface area contributed by atoms with Crippen molar-refractivity contribution in [2.75, 3.05) is 12.3 Å². The van der Waals surface area contributed by atoms with Crippen molar-refractivity contribution in [1.82, 2.24) is 5.32 Å². The minimum Gasteiger partial charge on any atom is -0.310 e. The molecule has 0 aromatic heterocycles. The average molecular weight is 264 g/mol. The second-order valence-electron chi connectivity index (χ2n) is 4.94. The summed E-state index contributed by atoms with van der Waals surface area (Å²) in [4.78, 5) is 0.282. The molecule has 0 bridgehead atoms. The first-order chi connectivity index (χ1) is 8.45. The van der Waals surface area contributed by atoms with E-state index in [4.69, 9.17) is 5.26 Å². The molecule has 96 valence electrons. The second kappa shape index (κ2) is 4.71. The molecule has 1 fully saturated rings. The van der Waals surface area contributed by atoms with Gasteiger partial charge < -0.3 is 5.32 Å². The smallest absolute Gasteiger partial charge is 0.179 e. The highest BCUT2D eigenvalue weighted by Gasteiger charge is 2.36. The van der Waals surface area contributed by atoms with Crippen molar-refractivity contribution in [2.24, 2.45) is 0 Å². The predicted octanol–water partition coefficient (Wildman–Crippen LogP) is 1.47. The van der Waals surface area contributed by atoms with Gasteiger partial charge in [-0.05, 0) is 44.0 Å². The third-order valence-electron chi connectivity index (χ3n) is 3.27. The number of hydrogen-bond acceptors (Lipinski definition) is 4. The molecule has 0 spiro atoms. The fourth-order valence-electron chi connectivity index (χ4n) is 1.71. The van der Waals surface area contributed by atoms with Crippen molar-refractivity contribution in [2.45, 2.75) is 30.2 Å². The van der Waals surface area contributed by atoms with Gasteiger partial charge in [0.25, 0.3) is 0 Å². The molecule has 1 aliphatic rings. The lowest BCUT2D eigenvalue weighted by molar-refractivity contribution is 0.549. The molecule has 1 aliphatic carbocycles. The number of rotatable bonds is 5. The maximum atomic E-state index is 12.0. The van der Waals surface area contributed by atoms with Crippen LogP contribution in [0.15, 0.2) is 29.2 Å². The summed E-state index contributed by atoms with van der Waals surface area (Å²) >= 11 is 0. The van der Waals surface area contributed by atoms with E-state index in [9.17, 15) is 8.42 Å². The van der Waals surface area contributed by atoms with Gasteiger partial charge >= 0.3 is 0 Å². The second-order valence-corrected chi connectivity index (χ2v) is 7.05. The van der Waals surface area contributed by atoms with Gasteiger partial charge in [-0.2, -0.15) is 5.26 Å². The molecule has 0 aliphatic heterocycles. The number of nitrogens with zero attached hydrogens (tertiary/aromatic N) is 1. The summed E-state index contributed by atoms with van der Waals surface area (Å²) in [6, 6.07) is 8.02. The molecule has 0 atom stereocenters. The minimum absolute atomic E-state index is 0.0918. The highest BCUT2D eigenvalue weighted by atomic mass is 32.2. The summed E-state index contributed by atoms with van der Waals surface area (Å²) in [7, 11) is -3.25. The Morgan fingerprint density at radius 2 is 1.94 bits per heavy atom. The molecule has 2 rings (SSSR count). The molecule has 0 unspecified atom stereocenters. The van der Waals surface area contributed by atoms with Crippen molar-refractivity contribution < 1.29 is 8.42 Å². The quantitative estimate of drug-likeness (QED) is 0.874. The number of hydrogen-bond donors (Lipinski definition) is 1. The van der Waals surface area contributed by atoms with Crippen LogP contribution in [0.2, 0.25) is 0 Å². The summed E-state index contributed by atoms with van der Waals surface area (Å²) in [6.07, 6.45) is 2.23. The molecular weight excluding hydrogens is 248 g/mol. The number of nitrogens with one attached hydrogen (secondary N) is 1. The molecule has 1 saturated carbocycles. The van der Waals surface area contributed by atoms with Gasteiger partial charge in [-0.25, -0.2) is 8.42 Å². The van der Waals surface area contributed by atoms with Crippen LogP contribution in [-0.2, 0) is 9.84 Å². The van der Waals surface area contributed by atoms with Crippen molar-refractivity contribution in [3.05, 3.63) is 29.8 Å². The first kappa shape index (κ1) is 13.1. The molecule has 1 N–H and O–H groups in total. The third kappa shape index (κ3) is 3.09. The van der Waals surface area contributed by atoms with E-state index in [-0.39, 0.29) is 16.2 Å². The maximum Gasteiger partial charge on any atom is 0.179 e. The minimum atomic E-state index is -3.25. The molecule has 18 heavy (non-hydrogen) atoms. The Morgan fingerprint density at radius 3 is 2.44 bits per heavy atom. The SMILES string of the molecule is CC1(NCCS(=O)(=O)c2ccc(C#N)cc2)CC1. The largest absolute Gasteiger partial charge is 0.310 e. The Kier molecular flexibility index (Phi) is 3.42. The third-order valence-corrected chi connectivity index (χ3v) is 5.00. The Balaban J connectivity index is 1.98. The number of benzene rings is 1. The van der Waals surface area contributed by atoms with Crippen molar-refractivity contribution >= 4 is 9.84 Å². The standard InChI is InChI=1S/C13H16N2O2S/c1-13(6-7-13)15-8-9-18(16,17)12-4-2-11(10-14)3-5-12/h2-5,15H,6-9H2,1H3. The van der Waals surface area contributed by atoms with Crippen molar-refractivity contribution in [3.8, 4) is 6.07 Å². The van der Waals surface area contributed by atoms with Crippen LogP contribution in [0.1, 0.15) is 25.3 Å². The van der Waals surface area contributed by atoms with Crippen LogP contribution in [0.25, 0.3) is 0 Å². The van der Waals surface area contributed by atoms with Crippen LogP contribution in [0.4, 0.5) is 0 Å². The van der Waals surface area contributed by atoms with Gasteiger partial charge in [0.15, 0.2) is 9.84 Å². The monoisotopic (exact) mass is 264 g/mol. The predicted molar refractivity (Wildman–Crippen MR) is 68.9 cm³/mol. The van der Waals surface area contributed by atoms with Gasteiger partial charge in [0.2, 0.25) is 0 Å². The van der Waals surface area contributed by atoms with Gasteiger partial charge in [-0.1, -0.05) is 0 Å². The summed E-state index contributed by atoms with van der Waals surface area (Å²) < 4.78 is 24.0. The average Bonchev–Trinajstić information content (AvgIpc) is 3.07. The molecule has 0 amide bonds. The van der Waals surface area contributed by atoms with E-state index in [1.165, 1.54) is 24.3 Å². The van der Waals surface area contributed by atoms with Crippen LogP contribution < -0.4 is 5.32 Å². The fraction of sp³-hybridized carbons (Fsp3) is 0.462. The molecule has 1 aromatic rings. The van der Waals surface area contributed by atoms with Gasteiger partial charge in [-0.3, -0.25) is 0 Å². The Bertz CT molecular complexity index is 566. The van der Waals surface area contributed by atoms with Gasteiger partial charge in [0.05, 0.1) is 22.3 Å². The first-order valence-corrected chi connectivity index (χ1v) is 7.58. The lowest BCUT2D eigenvalue weighted by Gasteiger charge is -2.11. The topological polar surface area (TPSA) is 70.0 Å². The van der Waals surface area contributed by atoms with Crippen LogP contribution in [-0.4, -0.2) is 26.3 Å². The molecule has 4 nitrogen and oxygen atoms in total. The zero-order valence-electron chi connectivity index (χ0n) is 10.3. The van der Waals surface area contributed by atoms with E-state index in [2.05, 4.69) is 12.2 Å². The van der Waals surface area contributed by atoms with E-state index < -0.39 is 9.84 Å². The van der Waals surface area contributed by atoms with E-state index >= 15 is 0 Å². The summed E-state index contributed by atoms with van der Waals surface area (Å²) in [5.41, 5.74) is 0.623. The van der Waals surface area contributed by atoms with Crippen LogP contribution in [0.5, 0.6) is 0 Å². The zero-order valence-corrected chi connectivity index (χ0v) is 11.1. The van der Waals surface area contributed by atoms with Gasteiger partial charge in [0, 0.05) is 12.1 Å². The lowest BCUT2D eigenvalue weighted by atomic mass is 10.2. The molecule has 0 radical (unpaired) electrons. The number of sulfone groups is 1. The van der Waals surface area contributed by atoms with E-state index in [0.29, 0.717) is 12.1 Å². The van der Waals surface area contributed by atoms with Gasteiger partial charge in [-0.15, -0.1) is 0 Å². The molecular formula is C13H16N2O2S. The van der Waals surface area contributed by atoms with Crippen LogP contribution in [0.3, 0.4) is 0 Å². The van der Waals surface area contributed by atoms with Crippen LogP contribution >= 0.6 is 0 Å². The van der Waals surface area contributed by atoms with Crippen LogP contribution in [0, 0.1) is 11.3 Å². The lowest BCUT2D eigenvalue weighted by Crippen LogP contribution is -2.32. The summed E-state index contributed by atoms with van der Waals surface area (Å²) in [5.74, 6) is 0.0918. The molecule has 1 aromatic carbocycles. The molecule has 5 heteroatoms. The molecule has 0 saturated heterocycles. The Morgan fingerprint density at radius 1 is 1.33 bits per heavy atom. The Labute approximate surface area is 108 Å². The highest BCUT2D eigenvalue weighted by molar-refractivity contribution is 7.91. The van der Waals surface area contributed by atoms with E-state index in [1.54, 1.807) is 0 Å². The van der Waals surface area contributed by atoms with Crippen molar-refractivity contribution in [1.29, 1.82) is 5.26 Å². The zero-order chi connectivity index (χ0) is 13.2. The van der Waals surface area contributed by atoms with Gasteiger partial charge in [0.1, 0.15) is 0 Å². The van der Waals surface area contributed by atoms with E-state index in [1.807, 2.05) is 6.07 Å². The first-order valence-electron chi connectivity index (χ1n) is 5.93. The fourth-order valence-corrected chi connectivity index (χ4v) is 2.86. The Hall–Kier alpha value is -1.38. The summed E-state index contributed by atoms with van der Waals surface area (Å²) in [6.45, 7) is 2.57.